The van der Waals surface area contributed by atoms with Crippen molar-refractivity contribution >= 4 is 19.8 Å². The molecule has 0 aromatic heterocycles. The van der Waals surface area contributed by atoms with Crippen molar-refractivity contribution in [1.29, 1.82) is 0 Å². The first-order chi connectivity index (χ1) is 50.0. The maximum atomic E-state index is 12.9. The number of unbranched alkanes of at least 4 members (excludes halogenated alkanes) is 49. The molecule has 0 bridgehead atoms. The molecule has 2 atom stereocenters. The van der Waals surface area contributed by atoms with Crippen LogP contribution in [-0.4, -0.2) is 70.0 Å². The zero-order valence-electron chi connectivity index (χ0n) is 67.8. The van der Waals surface area contributed by atoms with Crippen molar-refractivity contribution in [3.8, 4) is 0 Å². The lowest BCUT2D eigenvalue weighted by Crippen LogP contribution is -2.37. The number of hydrogen-bond acceptors (Lipinski definition) is 8. The van der Waals surface area contributed by atoms with Crippen LogP contribution in [0.3, 0.4) is 0 Å². The van der Waals surface area contributed by atoms with E-state index >= 15 is 0 Å². The first kappa shape index (κ1) is 98.7. The van der Waals surface area contributed by atoms with E-state index in [-0.39, 0.29) is 32.0 Å². The molecular weight excluding hydrogens is 1280 g/mol. The van der Waals surface area contributed by atoms with E-state index in [0.29, 0.717) is 17.4 Å². The van der Waals surface area contributed by atoms with Gasteiger partial charge in [-0.3, -0.25) is 14.2 Å². The van der Waals surface area contributed by atoms with E-state index < -0.39 is 26.5 Å². The van der Waals surface area contributed by atoms with Crippen LogP contribution in [0.25, 0.3) is 0 Å². The molecule has 0 spiro atoms. The van der Waals surface area contributed by atoms with Crippen molar-refractivity contribution < 1.29 is 42.1 Å². The molecule has 2 unspecified atom stereocenters. The molecule has 0 aromatic rings. The molecule has 0 saturated carbocycles. The quantitative estimate of drug-likeness (QED) is 0.0195. The summed E-state index contributed by atoms with van der Waals surface area (Å²) in [7, 11) is 1.18. The molecule has 0 fully saturated rings. The molecule has 0 radical (unpaired) electrons. The number of phosphoric ester groups is 1. The normalized spacial score (nSPS) is 13.5. The summed E-state index contributed by atoms with van der Waals surface area (Å²) in [5.74, 6) is -0.812. The number of carbonyl (C=O) groups excluding carboxylic acids is 2. The summed E-state index contributed by atoms with van der Waals surface area (Å²) in [6, 6.07) is 0. The average Bonchev–Trinajstić information content (AvgIpc) is 0.913. The van der Waals surface area contributed by atoms with Crippen molar-refractivity contribution in [2.24, 2.45) is 0 Å². The summed E-state index contributed by atoms with van der Waals surface area (Å²) in [5, 5.41) is 0. The zero-order valence-corrected chi connectivity index (χ0v) is 68.7. The number of nitrogens with zero attached hydrogens (tertiary/aromatic N) is 1. The topological polar surface area (TPSA) is 111 Å². The molecule has 0 aliphatic carbocycles. The lowest BCUT2D eigenvalue weighted by atomic mass is 10.0. The Kier molecular flexibility index (Phi) is 79.1. The van der Waals surface area contributed by atoms with E-state index in [1.165, 1.54) is 283 Å². The Hall–Kier alpha value is -3.33. The number of phosphoric acid groups is 1. The molecule has 0 saturated heterocycles. The van der Waals surface area contributed by atoms with Crippen LogP contribution in [0.2, 0.25) is 0 Å². The highest BCUT2D eigenvalue weighted by molar-refractivity contribution is 7.45. The molecule has 592 valence electrons. The fourth-order valence-electron chi connectivity index (χ4n) is 12.7. The molecule has 10 heteroatoms. The van der Waals surface area contributed by atoms with Gasteiger partial charge in [0.05, 0.1) is 27.7 Å². The van der Waals surface area contributed by atoms with E-state index in [2.05, 4.69) is 123 Å². The second-order valence-electron chi connectivity index (χ2n) is 30.5. The molecule has 9 nitrogen and oxygen atoms in total. The van der Waals surface area contributed by atoms with E-state index in [4.69, 9.17) is 18.5 Å². The molecule has 0 amide bonds. The highest BCUT2D eigenvalue weighted by atomic mass is 31.2. The van der Waals surface area contributed by atoms with Crippen LogP contribution < -0.4 is 4.89 Å². The smallest absolute Gasteiger partial charge is 0.306 e. The summed E-state index contributed by atoms with van der Waals surface area (Å²) < 4.78 is 34.5. The summed E-state index contributed by atoms with van der Waals surface area (Å²) in [6.45, 7) is 4.07. The predicted octanol–water partition coefficient (Wildman–Crippen LogP) is 28.9. The van der Waals surface area contributed by atoms with E-state index in [1.807, 2.05) is 21.1 Å². The third kappa shape index (κ3) is 85.6. The molecule has 0 aromatic carbocycles. The van der Waals surface area contributed by atoms with Crippen LogP contribution in [0.15, 0.2) is 109 Å². The van der Waals surface area contributed by atoms with Crippen LogP contribution in [0.4, 0.5) is 0 Å². The number of rotatable bonds is 81. The third-order valence-electron chi connectivity index (χ3n) is 19.3. The lowest BCUT2D eigenvalue weighted by molar-refractivity contribution is -0.870. The van der Waals surface area contributed by atoms with Crippen LogP contribution in [0.5, 0.6) is 0 Å². The van der Waals surface area contributed by atoms with Gasteiger partial charge in [-0.05, 0) is 96.3 Å². The summed E-state index contributed by atoms with van der Waals surface area (Å²) in [4.78, 5) is 38.3. The second-order valence-corrected chi connectivity index (χ2v) is 31.9. The highest BCUT2D eigenvalue weighted by Crippen LogP contribution is 2.38. The van der Waals surface area contributed by atoms with Gasteiger partial charge in [-0.15, -0.1) is 0 Å². The van der Waals surface area contributed by atoms with E-state index in [0.717, 1.165) is 96.3 Å². The molecule has 0 N–H and O–H groups in total. The summed E-state index contributed by atoms with van der Waals surface area (Å²) >= 11 is 0. The first-order valence-corrected chi connectivity index (χ1v) is 45.1. The van der Waals surface area contributed by atoms with Gasteiger partial charge in [0.15, 0.2) is 6.10 Å². The van der Waals surface area contributed by atoms with Gasteiger partial charge in [-0.25, -0.2) is 0 Å². The van der Waals surface area contributed by atoms with Gasteiger partial charge in [-0.2, -0.15) is 0 Å². The molecule has 0 aliphatic heterocycles. The SMILES string of the molecule is CC/C=C\C/C=C\C/C=C\C/C=C\C/C=C\CCCCCCCCCCCCCCCCCCCCCCCC(=O)OC(COC(=O)CCCCCCCCCCCCCCCCCCCCCCCCCCCCCC/C=C\C/C=C\C/C=C\C/C=C\CC)COP(=O)([O-])OCC[N+](C)(C)C. The van der Waals surface area contributed by atoms with Gasteiger partial charge < -0.3 is 27.9 Å². The van der Waals surface area contributed by atoms with Crippen LogP contribution >= 0.6 is 7.82 Å². The van der Waals surface area contributed by atoms with Crippen molar-refractivity contribution in [1.82, 2.24) is 0 Å². The number of likely N-dealkylation sites (N-methyl/N-ethyl adjacent to an activating group) is 1. The Bertz CT molecular complexity index is 2100. The number of allylic oxidation sites excluding steroid dienone is 18. The summed E-state index contributed by atoms with van der Waals surface area (Å²) in [6.07, 6.45) is 117. The third-order valence-corrected chi connectivity index (χ3v) is 20.3. The first-order valence-electron chi connectivity index (χ1n) is 43.6. The van der Waals surface area contributed by atoms with Gasteiger partial charge in [0.2, 0.25) is 0 Å². The van der Waals surface area contributed by atoms with Crippen molar-refractivity contribution in [2.45, 2.75) is 418 Å². The van der Waals surface area contributed by atoms with Gasteiger partial charge in [0.25, 0.3) is 7.82 Å². The van der Waals surface area contributed by atoms with Crippen molar-refractivity contribution in [2.75, 3.05) is 47.5 Å². The largest absolute Gasteiger partial charge is 0.756 e. The lowest BCUT2D eigenvalue weighted by Gasteiger charge is -2.28. The zero-order chi connectivity index (χ0) is 74.0. The maximum Gasteiger partial charge on any atom is 0.306 e. The van der Waals surface area contributed by atoms with Crippen molar-refractivity contribution in [3.63, 3.8) is 0 Å². The van der Waals surface area contributed by atoms with Crippen LogP contribution in [0, 0.1) is 0 Å². The van der Waals surface area contributed by atoms with Gasteiger partial charge in [0.1, 0.15) is 19.8 Å². The number of hydrogen-bond donors (Lipinski definition) is 0. The monoisotopic (exact) mass is 1440 g/mol. The average molecular weight is 1450 g/mol. The van der Waals surface area contributed by atoms with Gasteiger partial charge in [0, 0.05) is 12.8 Å². The molecule has 102 heavy (non-hydrogen) atoms. The molecule has 0 heterocycles. The Morgan fingerprint density at radius 1 is 0.304 bits per heavy atom. The van der Waals surface area contributed by atoms with E-state index in [9.17, 15) is 19.0 Å². The Morgan fingerprint density at radius 2 is 0.529 bits per heavy atom. The molecule has 0 rings (SSSR count). The minimum atomic E-state index is -4.65. The second kappa shape index (κ2) is 81.7. The summed E-state index contributed by atoms with van der Waals surface area (Å²) in [5.41, 5.74) is 0. The maximum absolute atomic E-state index is 12.9. The predicted molar refractivity (Wildman–Crippen MR) is 443 cm³/mol. The van der Waals surface area contributed by atoms with Gasteiger partial charge in [-0.1, -0.05) is 412 Å². The fourth-order valence-corrected chi connectivity index (χ4v) is 13.5. The number of carbonyl (C=O) groups is 2. The highest BCUT2D eigenvalue weighted by Gasteiger charge is 2.22. The Labute approximate surface area is 633 Å². The van der Waals surface area contributed by atoms with E-state index in [1.54, 1.807) is 0 Å². The fraction of sp³-hybridized carbons (Fsp3) is 0.783. The molecule has 0 aliphatic rings. The minimum absolute atomic E-state index is 0.0300. The minimum Gasteiger partial charge on any atom is -0.756 e. The number of esters is 2. The Morgan fingerprint density at radius 3 is 0.784 bits per heavy atom. The van der Waals surface area contributed by atoms with Gasteiger partial charge >= 0.3 is 11.9 Å². The Balaban J connectivity index is 3.87. The standard InChI is InChI=1S/C92H166NO8P/c1-6-8-10-12-14-16-18-20-22-24-26-28-30-32-34-36-38-40-42-44-45-46-47-49-50-52-54-56-58-60-62-64-66-68-70-72-74-76-78-80-82-84-91(94)98-88-90(89-100-102(96,97)99-87-86-93(3,4)5)101-92(95)85-83-81-79-77-75-73-71-69-67-65-63-61-59-57-55-53-51-48-43-41-39-37-35-33-31-29-27-25-23-21-19-17-15-13-11-9-7-2/h8-11,14-17,20-23,26-29,33,35,90H,6-7,12-13,18-19,24-25,30-32,34,36-89H2,1-5H3/b10-8-,11-9-,16-14-,17-15-,22-20-,23-21-,28-26-,29-27-,35-33-. The van der Waals surface area contributed by atoms with Crippen LogP contribution in [-0.2, 0) is 32.7 Å². The molecular formula is C92H166NO8P. The number of ether oxygens (including phenoxy) is 2. The van der Waals surface area contributed by atoms with Crippen LogP contribution in [0.1, 0.15) is 412 Å². The number of quaternary nitrogens is 1. The van der Waals surface area contributed by atoms with Crippen molar-refractivity contribution in [3.05, 3.63) is 109 Å².